The lowest BCUT2D eigenvalue weighted by molar-refractivity contribution is -0.274. The van der Waals surface area contributed by atoms with Crippen LogP contribution in [0.2, 0.25) is 0 Å². The summed E-state index contributed by atoms with van der Waals surface area (Å²) < 4.78 is 64.3. The molecule has 1 atom stereocenters. The lowest BCUT2D eigenvalue weighted by atomic mass is 10.3. The molecule has 0 aliphatic carbocycles. The van der Waals surface area contributed by atoms with E-state index in [1.807, 2.05) is 0 Å². The minimum absolute atomic E-state index is 0.340. The van der Waals surface area contributed by atoms with E-state index in [0.717, 1.165) is 31.3 Å². The van der Waals surface area contributed by atoms with Crippen LogP contribution >= 0.6 is 0 Å². The molecule has 0 spiro atoms. The van der Waals surface area contributed by atoms with Crippen molar-refractivity contribution in [2.45, 2.75) is 24.2 Å². The highest BCUT2D eigenvalue weighted by Crippen LogP contribution is 2.25. The smallest absolute Gasteiger partial charge is 0.480 e. The van der Waals surface area contributed by atoms with E-state index in [0.29, 0.717) is 4.31 Å². The Balaban J connectivity index is 3.03. The van der Waals surface area contributed by atoms with E-state index in [2.05, 4.69) is 4.74 Å². The average molecular weight is 327 g/mol. The van der Waals surface area contributed by atoms with Gasteiger partial charge in [-0.15, -0.1) is 13.2 Å². The molecule has 0 aliphatic heterocycles. The quantitative estimate of drug-likeness (QED) is 0.889. The van der Waals surface area contributed by atoms with Gasteiger partial charge in [0.25, 0.3) is 0 Å². The van der Waals surface area contributed by atoms with Gasteiger partial charge in [-0.3, -0.25) is 4.79 Å². The predicted octanol–water partition coefficient (Wildman–Crippen LogP) is 1.68. The van der Waals surface area contributed by atoms with E-state index < -0.39 is 34.1 Å². The van der Waals surface area contributed by atoms with E-state index in [9.17, 15) is 26.4 Å². The Labute approximate surface area is 118 Å². The molecule has 0 saturated carbocycles. The Kier molecular flexibility index (Phi) is 4.84. The maximum Gasteiger partial charge on any atom is 0.573 e. The van der Waals surface area contributed by atoms with E-state index >= 15 is 0 Å². The van der Waals surface area contributed by atoms with E-state index in [1.165, 1.54) is 6.92 Å². The Morgan fingerprint density at radius 1 is 1.29 bits per heavy atom. The molecule has 1 aromatic rings. The fourth-order valence-corrected chi connectivity index (χ4v) is 2.66. The molecule has 0 heterocycles. The van der Waals surface area contributed by atoms with Gasteiger partial charge in [0.1, 0.15) is 11.8 Å². The zero-order chi connectivity index (χ0) is 16.4. The number of nitrogens with zero attached hydrogens (tertiary/aromatic N) is 1. The molecule has 0 radical (unpaired) electrons. The second-order valence-corrected chi connectivity index (χ2v) is 6.05. The van der Waals surface area contributed by atoms with Crippen LogP contribution in [0.1, 0.15) is 6.92 Å². The van der Waals surface area contributed by atoms with Crippen LogP contribution in [0.4, 0.5) is 13.2 Å². The molecule has 1 aromatic carbocycles. The Morgan fingerprint density at radius 2 is 1.76 bits per heavy atom. The Hall–Kier alpha value is -1.81. The Morgan fingerprint density at radius 3 is 2.14 bits per heavy atom. The molecule has 118 valence electrons. The first-order chi connectivity index (χ1) is 9.45. The second kappa shape index (κ2) is 5.90. The van der Waals surface area contributed by atoms with E-state index in [4.69, 9.17) is 5.11 Å². The molecule has 0 saturated heterocycles. The molecule has 0 fully saturated rings. The zero-order valence-corrected chi connectivity index (χ0v) is 11.8. The molecule has 10 heteroatoms. The first kappa shape index (κ1) is 17.2. The first-order valence-electron chi connectivity index (χ1n) is 5.52. The monoisotopic (exact) mass is 327 g/mol. The maximum atomic E-state index is 12.1. The maximum absolute atomic E-state index is 12.1. The van der Waals surface area contributed by atoms with Crippen molar-refractivity contribution < 1.29 is 36.2 Å². The number of carbonyl (C=O) groups is 1. The van der Waals surface area contributed by atoms with Crippen LogP contribution in [-0.4, -0.2) is 43.3 Å². The summed E-state index contributed by atoms with van der Waals surface area (Å²) in [6.45, 7) is 1.17. The standard InChI is InChI=1S/C11H12F3NO5S/c1-7(10(16)17)15(2)21(18,19)9-5-3-8(4-6-9)20-11(12,13)14/h3-7H,1-2H3,(H,16,17). The van der Waals surface area contributed by atoms with Crippen molar-refractivity contribution in [2.75, 3.05) is 7.05 Å². The van der Waals surface area contributed by atoms with Crippen molar-refractivity contribution >= 4 is 16.0 Å². The third-order valence-electron chi connectivity index (χ3n) is 2.64. The number of ether oxygens (including phenoxy) is 1. The van der Waals surface area contributed by atoms with Gasteiger partial charge < -0.3 is 9.84 Å². The van der Waals surface area contributed by atoms with Crippen molar-refractivity contribution in [3.05, 3.63) is 24.3 Å². The molecule has 1 unspecified atom stereocenters. The molecule has 0 aromatic heterocycles. The average Bonchev–Trinajstić information content (AvgIpc) is 2.35. The van der Waals surface area contributed by atoms with Crippen LogP contribution in [0.3, 0.4) is 0 Å². The minimum atomic E-state index is -4.88. The topological polar surface area (TPSA) is 83.9 Å². The van der Waals surface area contributed by atoms with Crippen molar-refractivity contribution in [1.29, 1.82) is 0 Å². The second-order valence-electron chi connectivity index (χ2n) is 4.05. The number of hydrogen-bond acceptors (Lipinski definition) is 4. The van der Waals surface area contributed by atoms with Gasteiger partial charge in [0, 0.05) is 7.05 Å². The summed E-state index contributed by atoms with van der Waals surface area (Å²) in [6, 6.07) is 2.16. The number of carboxylic acid groups (broad SMARTS) is 1. The molecule has 0 bridgehead atoms. The van der Waals surface area contributed by atoms with Crippen molar-refractivity contribution in [3.8, 4) is 5.75 Å². The van der Waals surface area contributed by atoms with E-state index in [1.54, 1.807) is 0 Å². The third-order valence-corrected chi connectivity index (χ3v) is 4.58. The summed E-state index contributed by atoms with van der Waals surface area (Å²) in [7, 11) is -3.06. The van der Waals surface area contributed by atoms with Gasteiger partial charge in [-0.25, -0.2) is 8.42 Å². The molecule has 1 rings (SSSR count). The first-order valence-corrected chi connectivity index (χ1v) is 6.96. The van der Waals surface area contributed by atoms with Crippen LogP contribution in [0.5, 0.6) is 5.75 Å². The Bertz CT molecular complexity index is 612. The lowest BCUT2D eigenvalue weighted by Gasteiger charge is -2.21. The third kappa shape index (κ3) is 4.33. The number of alkyl halides is 3. The molecule has 1 N–H and O–H groups in total. The summed E-state index contributed by atoms with van der Waals surface area (Å²) in [5.74, 6) is -1.92. The van der Waals surface area contributed by atoms with Gasteiger partial charge in [-0.1, -0.05) is 0 Å². The van der Waals surface area contributed by atoms with Gasteiger partial charge in [0.05, 0.1) is 4.90 Å². The summed E-state index contributed by atoms with van der Waals surface area (Å²) in [5.41, 5.74) is 0. The number of benzene rings is 1. The molecule has 6 nitrogen and oxygen atoms in total. The predicted molar refractivity (Wildman–Crippen MR) is 65.2 cm³/mol. The number of carboxylic acids is 1. The summed E-state index contributed by atoms with van der Waals surface area (Å²) >= 11 is 0. The minimum Gasteiger partial charge on any atom is -0.480 e. The molecular formula is C11H12F3NO5S. The van der Waals surface area contributed by atoms with Gasteiger partial charge in [-0.05, 0) is 31.2 Å². The van der Waals surface area contributed by atoms with Crippen molar-refractivity contribution in [3.63, 3.8) is 0 Å². The normalized spacial score (nSPS) is 14.0. The number of hydrogen-bond donors (Lipinski definition) is 1. The summed E-state index contributed by atoms with van der Waals surface area (Å²) in [6.07, 6.45) is -4.88. The zero-order valence-electron chi connectivity index (χ0n) is 11.0. The molecule has 21 heavy (non-hydrogen) atoms. The fraction of sp³-hybridized carbons (Fsp3) is 0.364. The van der Waals surface area contributed by atoms with Crippen LogP contribution in [0, 0.1) is 0 Å². The summed E-state index contributed by atoms with van der Waals surface area (Å²) in [4.78, 5) is 10.4. The SMILES string of the molecule is CC(C(=O)O)N(C)S(=O)(=O)c1ccc(OC(F)(F)F)cc1. The number of halogens is 3. The molecule has 0 amide bonds. The van der Waals surface area contributed by atoms with Crippen LogP contribution in [0.25, 0.3) is 0 Å². The highest BCUT2D eigenvalue weighted by atomic mass is 32.2. The number of rotatable bonds is 5. The highest BCUT2D eigenvalue weighted by Gasteiger charge is 2.32. The van der Waals surface area contributed by atoms with Crippen LogP contribution in [-0.2, 0) is 14.8 Å². The molecular weight excluding hydrogens is 315 g/mol. The molecule has 0 aliphatic rings. The fourth-order valence-electron chi connectivity index (χ4n) is 1.34. The van der Waals surface area contributed by atoms with E-state index in [-0.39, 0.29) is 4.90 Å². The van der Waals surface area contributed by atoms with Crippen LogP contribution < -0.4 is 4.74 Å². The van der Waals surface area contributed by atoms with Crippen LogP contribution in [0.15, 0.2) is 29.2 Å². The largest absolute Gasteiger partial charge is 0.573 e. The number of likely N-dealkylation sites (N-methyl/N-ethyl adjacent to an activating group) is 1. The number of aliphatic carboxylic acids is 1. The highest BCUT2D eigenvalue weighted by molar-refractivity contribution is 7.89. The van der Waals surface area contributed by atoms with Gasteiger partial charge in [0.15, 0.2) is 0 Å². The summed E-state index contributed by atoms with van der Waals surface area (Å²) in [5, 5.41) is 8.78. The van der Waals surface area contributed by atoms with Gasteiger partial charge in [0.2, 0.25) is 10.0 Å². The van der Waals surface area contributed by atoms with Crippen molar-refractivity contribution in [2.24, 2.45) is 0 Å². The lowest BCUT2D eigenvalue weighted by Crippen LogP contribution is -2.40. The number of sulfonamides is 1. The van der Waals surface area contributed by atoms with Gasteiger partial charge in [-0.2, -0.15) is 4.31 Å². The van der Waals surface area contributed by atoms with Crippen molar-refractivity contribution in [1.82, 2.24) is 4.31 Å². The van der Waals surface area contributed by atoms with Gasteiger partial charge >= 0.3 is 12.3 Å².